The zero-order valence-corrected chi connectivity index (χ0v) is 8.08. The van der Waals surface area contributed by atoms with Crippen LogP contribution in [-0.2, 0) is 0 Å². The van der Waals surface area contributed by atoms with Crippen molar-refractivity contribution in [3.8, 4) is 0 Å². The van der Waals surface area contributed by atoms with Crippen molar-refractivity contribution in [2.24, 2.45) is 0 Å². The van der Waals surface area contributed by atoms with E-state index in [2.05, 4.69) is 6.92 Å². The number of ketones is 1. The van der Waals surface area contributed by atoms with Gasteiger partial charge in [-0.25, -0.2) is 0 Å². The summed E-state index contributed by atoms with van der Waals surface area (Å²) in [5.74, 6) is -0.480. The molecule has 1 rings (SSSR count). The molecular formula is C9H7N2O5. The first-order valence-corrected chi connectivity index (χ1v) is 4.22. The van der Waals surface area contributed by atoms with Crippen LogP contribution in [0.1, 0.15) is 16.8 Å². The molecule has 16 heavy (non-hydrogen) atoms. The van der Waals surface area contributed by atoms with E-state index in [1.807, 2.05) is 0 Å². The van der Waals surface area contributed by atoms with Gasteiger partial charge in [0.25, 0.3) is 11.4 Å². The quantitative estimate of drug-likeness (QED) is 0.440. The van der Waals surface area contributed by atoms with Crippen LogP contribution in [0, 0.1) is 27.2 Å². The van der Waals surface area contributed by atoms with E-state index in [4.69, 9.17) is 0 Å². The molecule has 0 fully saturated rings. The highest BCUT2D eigenvalue weighted by Gasteiger charge is 2.18. The zero-order chi connectivity index (χ0) is 12.3. The molecule has 0 N–H and O–H groups in total. The van der Waals surface area contributed by atoms with Crippen molar-refractivity contribution in [3.05, 3.63) is 50.9 Å². The zero-order valence-electron chi connectivity index (χ0n) is 8.08. The minimum Gasteiger partial charge on any atom is -0.294 e. The molecule has 0 amide bonds. The third-order valence-electron chi connectivity index (χ3n) is 1.87. The first-order valence-electron chi connectivity index (χ1n) is 4.22. The monoisotopic (exact) mass is 223 g/mol. The molecular weight excluding hydrogens is 216 g/mol. The molecule has 0 aromatic heterocycles. The summed E-state index contributed by atoms with van der Waals surface area (Å²) in [5.41, 5.74) is -1.03. The Hall–Kier alpha value is -2.31. The van der Waals surface area contributed by atoms with Crippen LogP contribution >= 0.6 is 0 Å². The average molecular weight is 223 g/mol. The lowest BCUT2D eigenvalue weighted by atomic mass is 10.1. The van der Waals surface area contributed by atoms with Gasteiger partial charge in [0.1, 0.15) is 0 Å². The van der Waals surface area contributed by atoms with E-state index in [-0.39, 0.29) is 12.0 Å². The number of rotatable bonds is 4. The highest BCUT2D eigenvalue weighted by Crippen LogP contribution is 2.23. The Labute approximate surface area is 90.0 Å². The van der Waals surface area contributed by atoms with Crippen molar-refractivity contribution in [2.75, 3.05) is 0 Å². The molecule has 0 aliphatic heterocycles. The van der Waals surface area contributed by atoms with Gasteiger partial charge < -0.3 is 0 Å². The summed E-state index contributed by atoms with van der Waals surface area (Å²) >= 11 is 0. The average Bonchev–Trinajstić information content (AvgIpc) is 2.27. The maximum Gasteiger partial charge on any atom is 0.277 e. The summed E-state index contributed by atoms with van der Waals surface area (Å²) in [7, 11) is 0. The number of carbonyl (C=O) groups excluding carboxylic acids is 1. The van der Waals surface area contributed by atoms with E-state index in [0.717, 1.165) is 18.2 Å². The summed E-state index contributed by atoms with van der Waals surface area (Å²) in [6.07, 6.45) is -0.113. The van der Waals surface area contributed by atoms with Crippen LogP contribution < -0.4 is 0 Å². The number of non-ortho nitro benzene ring substituents is 2. The predicted octanol–water partition coefficient (Wildman–Crippen LogP) is 1.91. The molecule has 0 spiro atoms. The van der Waals surface area contributed by atoms with E-state index >= 15 is 0 Å². The first-order chi connectivity index (χ1) is 7.45. The lowest BCUT2D eigenvalue weighted by Crippen LogP contribution is -2.00. The van der Waals surface area contributed by atoms with Crippen molar-refractivity contribution in [2.45, 2.75) is 6.42 Å². The van der Waals surface area contributed by atoms with Crippen LogP contribution in [0.3, 0.4) is 0 Å². The second-order valence-electron chi connectivity index (χ2n) is 2.93. The maximum absolute atomic E-state index is 11.3. The van der Waals surface area contributed by atoms with Crippen molar-refractivity contribution in [1.29, 1.82) is 0 Å². The van der Waals surface area contributed by atoms with Gasteiger partial charge in [0, 0.05) is 24.1 Å². The second-order valence-corrected chi connectivity index (χ2v) is 2.93. The molecule has 0 aliphatic rings. The predicted molar refractivity (Wildman–Crippen MR) is 54.1 cm³/mol. The van der Waals surface area contributed by atoms with Crippen LogP contribution in [0.5, 0.6) is 0 Å². The Morgan fingerprint density at radius 1 is 1.12 bits per heavy atom. The van der Waals surface area contributed by atoms with Gasteiger partial charge in [-0.05, 0) is 6.92 Å². The number of carbonyl (C=O) groups is 1. The SMILES string of the molecule is [CH2]CC(=O)c1cc([N+](=O)[O-])cc([N+](=O)[O-])c1. The molecule has 0 saturated heterocycles. The molecule has 0 unspecified atom stereocenters. The Kier molecular flexibility index (Phi) is 3.29. The van der Waals surface area contributed by atoms with Crippen LogP contribution in [0.15, 0.2) is 18.2 Å². The fourth-order valence-electron chi connectivity index (χ4n) is 1.11. The standard InChI is InChI=1S/C9H7N2O5/c1-2-9(12)6-3-7(10(13)14)5-8(4-6)11(15)16/h3-5H,1-2H2. The van der Waals surface area contributed by atoms with E-state index < -0.39 is 27.0 Å². The molecule has 0 saturated carbocycles. The van der Waals surface area contributed by atoms with E-state index in [0.29, 0.717) is 0 Å². The smallest absolute Gasteiger partial charge is 0.277 e. The lowest BCUT2D eigenvalue weighted by Gasteiger charge is -1.98. The molecule has 1 aromatic carbocycles. The van der Waals surface area contributed by atoms with Crippen LogP contribution in [0.2, 0.25) is 0 Å². The van der Waals surface area contributed by atoms with Crippen molar-refractivity contribution < 1.29 is 14.6 Å². The Morgan fingerprint density at radius 3 is 1.88 bits per heavy atom. The van der Waals surface area contributed by atoms with E-state index in [1.165, 1.54) is 0 Å². The van der Waals surface area contributed by atoms with Gasteiger partial charge in [-0.2, -0.15) is 0 Å². The fourth-order valence-corrected chi connectivity index (χ4v) is 1.11. The summed E-state index contributed by atoms with van der Waals surface area (Å²) in [5, 5.41) is 21.0. The van der Waals surface area contributed by atoms with Gasteiger partial charge in [-0.15, -0.1) is 0 Å². The number of hydrogen-bond acceptors (Lipinski definition) is 5. The number of Topliss-reactive ketones (excluding diaryl/α,β-unsaturated/α-hetero) is 1. The highest BCUT2D eigenvalue weighted by molar-refractivity contribution is 5.97. The maximum atomic E-state index is 11.3. The number of nitrogens with zero attached hydrogens (tertiary/aromatic N) is 2. The van der Waals surface area contributed by atoms with Crippen LogP contribution in [-0.4, -0.2) is 15.6 Å². The first kappa shape index (κ1) is 11.8. The van der Waals surface area contributed by atoms with E-state index in [9.17, 15) is 25.0 Å². The van der Waals surface area contributed by atoms with Crippen molar-refractivity contribution in [3.63, 3.8) is 0 Å². The number of benzene rings is 1. The minimum absolute atomic E-state index is 0.0732. The summed E-state index contributed by atoms with van der Waals surface area (Å²) in [4.78, 5) is 30.7. The molecule has 7 heteroatoms. The van der Waals surface area contributed by atoms with Gasteiger partial charge in [0.15, 0.2) is 5.78 Å². The molecule has 7 nitrogen and oxygen atoms in total. The topological polar surface area (TPSA) is 103 Å². The second kappa shape index (κ2) is 4.47. The van der Waals surface area contributed by atoms with Gasteiger partial charge in [0.05, 0.1) is 15.9 Å². The Morgan fingerprint density at radius 2 is 1.56 bits per heavy atom. The third-order valence-corrected chi connectivity index (χ3v) is 1.87. The largest absolute Gasteiger partial charge is 0.294 e. The summed E-state index contributed by atoms with van der Waals surface area (Å²) < 4.78 is 0. The molecule has 1 radical (unpaired) electrons. The van der Waals surface area contributed by atoms with Crippen molar-refractivity contribution in [1.82, 2.24) is 0 Å². The van der Waals surface area contributed by atoms with Gasteiger partial charge in [-0.1, -0.05) is 0 Å². The van der Waals surface area contributed by atoms with Gasteiger partial charge in [0.2, 0.25) is 0 Å². The third kappa shape index (κ3) is 2.38. The number of hydrogen-bond donors (Lipinski definition) is 0. The molecule has 0 bridgehead atoms. The summed E-state index contributed by atoms with van der Waals surface area (Å²) in [6.45, 7) is 3.32. The molecule has 0 aliphatic carbocycles. The Bertz CT molecular complexity index is 437. The summed E-state index contributed by atoms with van der Waals surface area (Å²) in [6, 6.07) is 2.81. The van der Waals surface area contributed by atoms with Gasteiger partial charge >= 0.3 is 0 Å². The fraction of sp³-hybridized carbons (Fsp3) is 0.111. The van der Waals surface area contributed by atoms with E-state index in [1.54, 1.807) is 0 Å². The van der Waals surface area contributed by atoms with Crippen molar-refractivity contribution >= 4 is 17.2 Å². The molecule has 1 aromatic rings. The Balaban J connectivity index is 3.35. The van der Waals surface area contributed by atoms with Crippen LogP contribution in [0.25, 0.3) is 0 Å². The normalized spacial score (nSPS) is 9.81. The minimum atomic E-state index is -0.785. The van der Waals surface area contributed by atoms with Crippen LogP contribution in [0.4, 0.5) is 11.4 Å². The molecule has 0 atom stereocenters. The highest BCUT2D eigenvalue weighted by atomic mass is 16.6. The number of nitro benzene ring substituents is 2. The molecule has 83 valence electrons. The lowest BCUT2D eigenvalue weighted by molar-refractivity contribution is -0.394. The van der Waals surface area contributed by atoms with Gasteiger partial charge in [-0.3, -0.25) is 25.0 Å². The number of nitro groups is 2. The molecule has 0 heterocycles.